The average Bonchev–Trinajstić information content (AvgIpc) is 2.58. The molecule has 3 rings (SSSR count). The monoisotopic (exact) mass is 381 g/mol. The average molecular weight is 382 g/mol. The summed E-state index contributed by atoms with van der Waals surface area (Å²) in [5.41, 5.74) is 1.06. The Morgan fingerprint density at radius 1 is 1.08 bits per heavy atom. The summed E-state index contributed by atoms with van der Waals surface area (Å²) in [6.45, 7) is 3.09. The summed E-state index contributed by atoms with van der Waals surface area (Å²) in [7, 11) is -3.41. The smallest absolute Gasteiger partial charge is 0.207 e. The van der Waals surface area contributed by atoms with E-state index < -0.39 is 10.0 Å². The van der Waals surface area contributed by atoms with Crippen molar-refractivity contribution in [2.45, 2.75) is 34.8 Å². The van der Waals surface area contributed by atoms with Crippen LogP contribution in [0.2, 0.25) is 5.02 Å². The van der Waals surface area contributed by atoms with Gasteiger partial charge in [0.15, 0.2) is 0 Å². The summed E-state index contributed by atoms with van der Waals surface area (Å²) < 4.78 is 27.3. The number of nitrogens with zero attached hydrogens (tertiary/aromatic N) is 1. The lowest BCUT2D eigenvalue weighted by Crippen LogP contribution is -2.41. The highest BCUT2D eigenvalue weighted by Crippen LogP contribution is 2.32. The quantitative estimate of drug-likeness (QED) is 0.777. The van der Waals surface area contributed by atoms with Crippen LogP contribution >= 0.6 is 23.4 Å². The number of hydrogen-bond donors (Lipinski definition) is 0. The van der Waals surface area contributed by atoms with Crippen LogP contribution < -0.4 is 0 Å². The van der Waals surface area contributed by atoms with Crippen LogP contribution in [-0.2, 0) is 10.0 Å². The minimum absolute atomic E-state index is 0.264. The zero-order chi connectivity index (χ0) is 17.2. The summed E-state index contributed by atoms with van der Waals surface area (Å²) in [5.74, 6) is 0. The van der Waals surface area contributed by atoms with Crippen LogP contribution in [0.1, 0.15) is 18.4 Å². The maximum atomic E-state index is 12.8. The van der Waals surface area contributed by atoms with E-state index in [2.05, 4.69) is 0 Å². The van der Waals surface area contributed by atoms with Gasteiger partial charge in [-0.1, -0.05) is 29.3 Å². The minimum atomic E-state index is -3.41. The zero-order valence-corrected chi connectivity index (χ0v) is 15.9. The predicted molar refractivity (Wildman–Crippen MR) is 100 cm³/mol. The van der Waals surface area contributed by atoms with Gasteiger partial charge in [-0.25, -0.2) is 8.42 Å². The molecular formula is C18H20ClNO2S2. The fraction of sp³-hybridized carbons (Fsp3) is 0.333. The summed E-state index contributed by atoms with van der Waals surface area (Å²) in [5, 5.41) is 0.978. The fourth-order valence-electron chi connectivity index (χ4n) is 2.78. The number of aryl methyl sites for hydroxylation is 1. The summed E-state index contributed by atoms with van der Waals surface area (Å²) in [6.07, 6.45) is 1.91. The van der Waals surface area contributed by atoms with Crippen LogP contribution in [0.4, 0.5) is 0 Å². The molecule has 1 saturated heterocycles. The van der Waals surface area contributed by atoms with E-state index in [1.165, 1.54) is 0 Å². The minimum Gasteiger partial charge on any atom is -0.207 e. The van der Waals surface area contributed by atoms with Crippen LogP contribution in [0.3, 0.4) is 0 Å². The van der Waals surface area contributed by atoms with E-state index >= 15 is 0 Å². The maximum absolute atomic E-state index is 12.8. The van der Waals surface area contributed by atoms with Crippen molar-refractivity contribution in [3.8, 4) is 0 Å². The normalized spacial score (nSPS) is 19.3. The lowest BCUT2D eigenvalue weighted by atomic mass is 10.2. The van der Waals surface area contributed by atoms with Crippen molar-refractivity contribution in [1.82, 2.24) is 4.31 Å². The van der Waals surface area contributed by atoms with Gasteiger partial charge in [-0.05, 0) is 56.2 Å². The van der Waals surface area contributed by atoms with Gasteiger partial charge in [-0.15, -0.1) is 11.8 Å². The topological polar surface area (TPSA) is 37.4 Å². The number of sulfonamides is 1. The molecule has 0 radical (unpaired) electrons. The lowest BCUT2D eigenvalue weighted by molar-refractivity contribution is 0.353. The molecule has 1 heterocycles. The molecule has 1 atom stereocenters. The van der Waals surface area contributed by atoms with Gasteiger partial charge in [0.1, 0.15) is 0 Å². The van der Waals surface area contributed by atoms with Gasteiger partial charge in [0.25, 0.3) is 0 Å². The number of rotatable bonds is 4. The second-order valence-electron chi connectivity index (χ2n) is 6.01. The van der Waals surface area contributed by atoms with Gasteiger partial charge in [0, 0.05) is 28.3 Å². The number of hydrogen-bond acceptors (Lipinski definition) is 3. The fourth-order valence-corrected chi connectivity index (χ4v) is 5.75. The Hall–Kier alpha value is -1.01. The molecule has 2 aromatic carbocycles. The van der Waals surface area contributed by atoms with E-state index in [4.69, 9.17) is 11.6 Å². The Morgan fingerprint density at radius 2 is 1.75 bits per heavy atom. The lowest BCUT2D eigenvalue weighted by Gasteiger charge is -2.31. The molecule has 1 fully saturated rings. The molecule has 0 saturated carbocycles. The van der Waals surface area contributed by atoms with E-state index in [1.54, 1.807) is 28.2 Å². The first kappa shape index (κ1) is 17.8. The number of benzene rings is 2. The Labute approximate surface area is 153 Å². The van der Waals surface area contributed by atoms with Gasteiger partial charge in [-0.2, -0.15) is 4.31 Å². The van der Waals surface area contributed by atoms with Crippen molar-refractivity contribution in [1.29, 1.82) is 0 Å². The molecular weight excluding hydrogens is 362 g/mol. The van der Waals surface area contributed by atoms with E-state index in [0.29, 0.717) is 23.0 Å². The highest BCUT2D eigenvalue weighted by atomic mass is 35.5. The first-order valence-corrected chi connectivity index (χ1v) is 10.6. The first-order valence-electron chi connectivity index (χ1n) is 7.94. The molecule has 6 heteroatoms. The molecule has 3 nitrogen and oxygen atoms in total. The van der Waals surface area contributed by atoms with Crippen molar-refractivity contribution >= 4 is 33.4 Å². The van der Waals surface area contributed by atoms with Crippen molar-refractivity contribution < 1.29 is 8.42 Å². The Balaban J connectivity index is 1.72. The van der Waals surface area contributed by atoms with Crippen LogP contribution in [0.25, 0.3) is 0 Å². The molecule has 128 valence electrons. The predicted octanol–water partition coefficient (Wildman–Crippen LogP) is 4.59. The first-order chi connectivity index (χ1) is 11.4. The summed E-state index contributed by atoms with van der Waals surface area (Å²) in [4.78, 5) is 1.50. The molecule has 0 aliphatic carbocycles. The largest absolute Gasteiger partial charge is 0.243 e. The highest BCUT2D eigenvalue weighted by Gasteiger charge is 2.30. The molecule has 0 bridgehead atoms. The third kappa shape index (κ3) is 4.14. The van der Waals surface area contributed by atoms with E-state index in [1.807, 2.05) is 43.3 Å². The molecule has 0 aromatic heterocycles. The maximum Gasteiger partial charge on any atom is 0.243 e. The molecule has 1 unspecified atom stereocenters. The standard InChI is InChI=1S/C18H20ClNO2S2/c1-14-4-10-18(11-5-14)24(21,22)20-12-2-3-17(13-20)23-16-8-6-15(19)7-9-16/h4-11,17H,2-3,12-13H2,1H3. The van der Waals surface area contributed by atoms with Crippen LogP contribution in [-0.4, -0.2) is 31.1 Å². The molecule has 0 N–H and O–H groups in total. The Kier molecular flexibility index (Phi) is 5.55. The highest BCUT2D eigenvalue weighted by molar-refractivity contribution is 8.00. The third-order valence-electron chi connectivity index (χ3n) is 4.12. The molecule has 1 aliphatic heterocycles. The van der Waals surface area contributed by atoms with Crippen molar-refractivity contribution in [2.24, 2.45) is 0 Å². The molecule has 24 heavy (non-hydrogen) atoms. The van der Waals surface area contributed by atoms with Crippen LogP contribution in [0.5, 0.6) is 0 Å². The van der Waals surface area contributed by atoms with Gasteiger partial charge in [-0.3, -0.25) is 0 Å². The van der Waals surface area contributed by atoms with Gasteiger partial charge in [0.2, 0.25) is 10.0 Å². The molecule has 1 aliphatic rings. The summed E-state index contributed by atoms with van der Waals surface area (Å²) in [6, 6.07) is 14.8. The number of thioether (sulfide) groups is 1. The third-order valence-corrected chi connectivity index (χ3v) is 7.51. The van der Waals surface area contributed by atoms with Crippen molar-refractivity contribution in [2.75, 3.05) is 13.1 Å². The number of halogens is 1. The van der Waals surface area contributed by atoms with E-state index in [-0.39, 0.29) is 5.25 Å². The molecule has 0 amide bonds. The van der Waals surface area contributed by atoms with Gasteiger partial charge < -0.3 is 0 Å². The van der Waals surface area contributed by atoms with Crippen LogP contribution in [0, 0.1) is 6.92 Å². The van der Waals surface area contributed by atoms with E-state index in [0.717, 1.165) is 23.3 Å². The Morgan fingerprint density at radius 3 is 2.42 bits per heavy atom. The van der Waals surface area contributed by atoms with E-state index in [9.17, 15) is 8.42 Å². The molecule has 0 spiro atoms. The number of piperidine rings is 1. The van der Waals surface area contributed by atoms with Crippen LogP contribution in [0.15, 0.2) is 58.3 Å². The molecule has 2 aromatic rings. The summed E-state index contributed by atoms with van der Waals surface area (Å²) >= 11 is 7.65. The van der Waals surface area contributed by atoms with Gasteiger partial charge >= 0.3 is 0 Å². The SMILES string of the molecule is Cc1ccc(S(=O)(=O)N2CCCC(Sc3ccc(Cl)cc3)C2)cc1. The van der Waals surface area contributed by atoms with Gasteiger partial charge in [0.05, 0.1) is 4.90 Å². The second kappa shape index (κ2) is 7.48. The second-order valence-corrected chi connectivity index (χ2v) is 9.76. The van der Waals surface area contributed by atoms with Crippen molar-refractivity contribution in [3.05, 3.63) is 59.1 Å². The zero-order valence-electron chi connectivity index (χ0n) is 13.5. The van der Waals surface area contributed by atoms with Crippen molar-refractivity contribution in [3.63, 3.8) is 0 Å². The Bertz CT molecular complexity index is 789.